The molecule has 10 heteroatoms. The molecule has 1 aromatic heterocycles. The van der Waals surface area contributed by atoms with Crippen molar-refractivity contribution < 1.29 is 26.3 Å². The van der Waals surface area contributed by atoms with E-state index in [2.05, 4.69) is 14.4 Å². The van der Waals surface area contributed by atoms with Crippen LogP contribution in [0.3, 0.4) is 0 Å². The van der Waals surface area contributed by atoms with Crippen LogP contribution in [0.15, 0.2) is 59.5 Å². The summed E-state index contributed by atoms with van der Waals surface area (Å²) in [4.78, 5) is 5.05. The van der Waals surface area contributed by atoms with Crippen molar-refractivity contribution in [3.05, 3.63) is 65.2 Å². The van der Waals surface area contributed by atoms with Gasteiger partial charge in [0, 0.05) is 17.0 Å². The predicted molar refractivity (Wildman–Crippen MR) is 99.4 cm³/mol. The van der Waals surface area contributed by atoms with Crippen LogP contribution in [-0.4, -0.2) is 19.8 Å². The third kappa shape index (κ3) is 5.09. The second-order valence-electron chi connectivity index (χ2n) is 5.74. The van der Waals surface area contributed by atoms with Gasteiger partial charge >= 0.3 is 6.36 Å². The minimum Gasteiger partial charge on any atom is -0.406 e. The Kier molecular flexibility index (Phi) is 5.73. The molecule has 0 aliphatic rings. The summed E-state index contributed by atoms with van der Waals surface area (Å²) in [7, 11) is -3.90. The number of rotatable bonds is 6. The Balaban J connectivity index is 1.71. The summed E-state index contributed by atoms with van der Waals surface area (Å²) >= 11 is 1.37. The molecule has 0 radical (unpaired) electrons. The van der Waals surface area contributed by atoms with Gasteiger partial charge < -0.3 is 4.74 Å². The highest BCUT2D eigenvalue weighted by Crippen LogP contribution is 2.28. The normalized spacial score (nSPS) is 12.1. The number of hydrogen-bond acceptors (Lipinski definition) is 5. The summed E-state index contributed by atoms with van der Waals surface area (Å²) in [6, 6.07) is 13.5. The molecular weight excluding hydrogens is 413 g/mol. The monoisotopic (exact) mass is 428 g/mol. The fraction of sp³-hybridized carbons (Fsp3) is 0.167. The van der Waals surface area contributed by atoms with Gasteiger partial charge in [-0.3, -0.25) is 0 Å². The lowest BCUT2D eigenvalue weighted by molar-refractivity contribution is -0.274. The number of nitrogens with zero attached hydrogens (tertiary/aromatic N) is 1. The molecule has 5 nitrogen and oxygen atoms in total. The van der Waals surface area contributed by atoms with E-state index in [-0.39, 0.29) is 11.4 Å². The highest BCUT2D eigenvalue weighted by Gasteiger charge is 2.31. The molecule has 3 rings (SSSR count). The third-order valence-electron chi connectivity index (χ3n) is 3.70. The van der Waals surface area contributed by atoms with Crippen LogP contribution >= 0.6 is 11.3 Å². The Hall–Kier alpha value is -2.43. The van der Waals surface area contributed by atoms with Crippen molar-refractivity contribution >= 4 is 21.4 Å². The number of halogens is 3. The van der Waals surface area contributed by atoms with E-state index in [0.29, 0.717) is 5.69 Å². The number of ether oxygens (including phenoxy) is 1. The van der Waals surface area contributed by atoms with Gasteiger partial charge in [0.05, 0.1) is 10.6 Å². The maximum absolute atomic E-state index is 12.4. The van der Waals surface area contributed by atoms with Crippen molar-refractivity contribution in [1.82, 2.24) is 9.71 Å². The van der Waals surface area contributed by atoms with Gasteiger partial charge in [0.25, 0.3) is 0 Å². The molecule has 0 amide bonds. The van der Waals surface area contributed by atoms with E-state index in [1.54, 1.807) is 6.92 Å². The smallest absolute Gasteiger partial charge is 0.406 e. The molecule has 0 spiro atoms. The first-order chi connectivity index (χ1) is 13.1. The van der Waals surface area contributed by atoms with Crippen molar-refractivity contribution in [2.45, 2.75) is 24.7 Å². The molecular formula is C18H15F3N2O3S2. The van der Waals surface area contributed by atoms with Gasteiger partial charge in [0.1, 0.15) is 10.8 Å². The zero-order valence-electron chi connectivity index (χ0n) is 14.5. The molecule has 0 fully saturated rings. The summed E-state index contributed by atoms with van der Waals surface area (Å²) < 4.78 is 67.5. The average molecular weight is 428 g/mol. The molecule has 2 aromatic carbocycles. The summed E-state index contributed by atoms with van der Waals surface area (Å²) in [5, 5.41) is 0.779. The molecule has 1 heterocycles. The first-order valence-electron chi connectivity index (χ1n) is 8.01. The second-order valence-corrected chi connectivity index (χ2v) is 8.59. The summed E-state index contributed by atoms with van der Waals surface area (Å²) in [6.07, 6.45) is -4.83. The highest BCUT2D eigenvalue weighted by atomic mass is 32.2. The van der Waals surface area contributed by atoms with Gasteiger partial charge in [-0.1, -0.05) is 30.3 Å². The Bertz CT molecular complexity index is 1050. The van der Waals surface area contributed by atoms with Gasteiger partial charge in [0.15, 0.2) is 0 Å². The van der Waals surface area contributed by atoms with Crippen molar-refractivity contribution in [3.8, 4) is 16.3 Å². The lowest BCUT2D eigenvalue weighted by Gasteiger charge is -2.10. The number of alkyl halides is 3. The number of thiazole rings is 1. The van der Waals surface area contributed by atoms with Crippen LogP contribution in [0.1, 0.15) is 10.6 Å². The maximum atomic E-state index is 12.4. The fourth-order valence-corrected chi connectivity index (χ4v) is 4.45. The molecule has 28 heavy (non-hydrogen) atoms. The van der Waals surface area contributed by atoms with Crippen LogP contribution in [0.4, 0.5) is 13.2 Å². The van der Waals surface area contributed by atoms with E-state index in [9.17, 15) is 21.6 Å². The fourth-order valence-electron chi connectivity index (χ4n) is 2.36. The Morgan fingerprint density at radius 3 is 2.32 bits per heavy atom. The molecule has 0 aliphatic carbocycles. The van der Waals surface area contributed by atoms with Crippen molar-refractivity contribution in [1.29, 1.82) is 0 Å². The van der Waals surface area contributed by atoms with Crippen LogP contribution in [0.25, 0.3) is 10.6 Å². The van der Waals surface area contributed by atoms with Crippen LogP contribution in [-0.2, 0) is 16.6 Å². The van der Waals surface area contributed by atoms with Gasteiger partial charge in [0.2, 0.25) is 10.0 Å². The molecule has 0 unspecified atom stereocenters. The Morgan fingerprint density at radius 1 is 1.07 bits per heavy atom. The molecule has 0 aliphatic heterocycles. The number of aromatic nitrogens is 1. The SMILES string of the molecule is Cc1nc(-c2ccccc2)sc1CNS(=O)(=O)c1ccc(OC(F)(F)F)cc1. The van der Waals surface area contributed by atoms with E-state index in [1.165, 1.54) is 11.3 Å². The van der Waals surface area contributed by atoms with E-state index < -0.39 is 22.1 Å². The topological polar surface area (TPSA) is 68.3 Å². The predicted octanol–water partition coefficient (Wildman–Crippen LogP) is 4.50. The molecule has 1 N–H and O–H groups in total. The van der Waals surface area contributed by atoms with Crippen molar-refractivity contribution in [2.75, 3.05) is 0 Å². The van der Waals surface area contributed by atoms with Crippen molar-refractivity contribution in [2.24, 2.45) is 0 Å². The lowest BCUT2D eigenvalue weighted by atomic mass is 10.2. The molecule has 0 bridgehead atoms. The second kappa shape index (κ2) is 7.90. The standard InChI is InChI=1S/C18H15F3N2O3S2/c1-12-16(27-17(23-12)13-5-3-2-4-6-13)11-22-28(24,25)15-9-7-14(8-10-15)26-18(19,20)21/h2-10,22H,11H2,1H3. The molecule has 3 aromatic rings. The first kappa shape index (κ1) is 20.3. The number of hydrogen-bond donors (Lipinski definition) is 1. The first-order valence-corrected chi connectivity index (χ1v) is 10.3. The van der Waals surface area contributed by atoms with Crippen LogP contribution < -0.4 is 9.46 Å². The average Bonchev–Trinajstić information content (AvgIpc) is 3.01. The van der Waals surface area contributed by atoms with Crippen molar-refractivity contribution in [3.63, 3.8) is 0 Å². The molecule has 148 valence electrons. The zero-order chi connectivity index (χ0) is 20.4. The van der Waals surface area contributed by atoms with Gasteiger partial charge in [-0.25, -0.2) is 18.1 Å². The van der Waals surface area contributed by atoms with E-state index in [4.69, 9.17) is 0 Å². The van der Waals surface area contributed by atoms with E-state index >= 15 is 0 Å². The number of aryl methyl sites for hydroxylation is 1. The van der Waals surface area contributed by atoms with Gasteiger partial charge in [-0.05, 0) is 31.2 Å². The quantitative estimate of drug-likeness (QED) is 0.628. The molecule has 0 atom stereocenters. The number of sulfonamides is 1. The van der Waals surface area contributed by atoms with Crippen LogP contribution in [0.2, 0.25) is 0 Å². The molecule has 0 saturated carbocycles. The summed E-state index contributed by atoms with van der Waals surface area (Å²) in [5.41, 5.74) is 1.64. The number of nitrogens with one attached hydrogen (secondary N) is 1. The summed E-state index contributed by atoms with van der Waals surface area (Å²) in [5.74, 6) is -0.489. The van der Waals surface area contributed by atoms with Gasteiger partial charge in [-0.15, -0.1) is 24.5 Å². The molecule has 0 saturated heterocycles. The maximum Gasteiger partial charge on any atom is 0.573 e. The van der Waals surface area contributed by atoms with E-state index in [0.717, 1.165) is 39.7 Å². The van der Waals surface area contributed by atoms with Crippen LogP contribution in [0.5, 0.6) is 5.75 Å². The van der Waals surface area contributed by atoms with Gasteiger partial charge in [-0.2, -0.15) is 0 Å². The third-order valence-corrected chi connectivity index (χ3v) is 6.33. The lowest BCUT2D eigenvalue weighted by Crippen LogP contribution is -2.23. The largest absolute Gasteiger partial charge is 0.573 e. The number of benzene rings is 2. The zero-order valence-corrected chi connectivity index (χ0v) is 16.2. The van der Waals surface area contributed by atoms with Crippen LogP contribution in [0, 0.1) is 6.92 Å². The Morgan fingerprint density at radius 2 is 1.71 bits per heavy atom. The van der Waals surface area contributed by atoms with E-state index in [1.807, 2.05) is 30.3 Å². The Labute approximate surface area is 163 Å². The summed E-state index contributed by atoms with van der Waals surface area (Å²) in [6.45, 7) is 1.81. The minimum atomic E-state index is -4.83. The highest BCUT2D eigenvalue weighted by molar-refractivity contribution is 7.89. The minimum absolute atomic E-state index is 0.0273.